The van der Waals surface area contributed by atoms with Gasteiger partial charge in [0.1, 0.15) is 0 Å². The van der Waals surface area contributed by atoms with Gasteiger partial charge in [-0.05, 0) is 36.2 Å². The Kier molecular flexibility index (Phi) is 3.74. The minimum Gasteiger partial charge on any atom is -0.388 e. The molecule has 0 saturated carbocycles. The van der Waals surface area contributed by atoms with Crippen molar-refractivity contribution in [1.29, 1.82) is 0 Å². The molecule has 2 aromatic carbocycles. The van der Waals surface area contributed by atoms with Crippen molar-refractivity contribution in [2.24, 2.45) is 0 Å². The maximum absolute atomic E-state index is 10.3. The molecular weight excluding hydrogens is 290 g/mol. The number of para-hydroxylation sites is 1. The summed E-state index contributed by atoms with van der Waals surface area (Å²) < 4.78 is 1.15. The summed E-state index contributed by atoms with van der Waals surface area (Å²) in [5.41, 5.74) is 2.84. The summed E-state index contributed by atoms with van der Waals surface area (Å²) in [5, 5.41) is 11.9. The molecule has 102 valence electrons. The third-order valence-electron chi connectivity index (χ3n) is 3.29. The highest BCUT2D eigenvalue weighted by atomic mass is 35.5. The molecule has 1 N–H and O–H groups in total. The zero-order chi connectivity index (χ0) is 14.1. The number of halogens is 1. The number of fused-ring (bicyclic) bond motifs is 1. The summed E-state index contributed by atoms with van der Waals surface area (Å²) in [6.45, 7) is 1.95. The first-order valence-electron chi connectivity index (χ1n) is 6.42. The fourth-order valence-electron chi connectivity index (χ4n) is 2.11. The number of hydrogen-bond donors (Lipinski definition) is 1. The minimum atomic E-state index is -0.575. The maximum atomic E-state index is 10.3. The molecule has 1 heterocycles. The Morgan fingerprint density at radius 2 is 2.05 bits per heavy atom. The standard InChI is InChI=1S/C16H14ClNOS/c1-10-6-7-11(8-12(10)17)14(19)9-16-18-13-4-2-3-5-15(13)20-16/h2-8,14,19H,9H2,1H3. The lowest BCUT2D eigenvalue weighted by Crippen LogP contribution is -2.01. The van der Waals surface area contributed by atoms with Crippen LogP contribution in [0.1, 0.15) is 22.2 Å². The van der Waals surface area contributed by atoms with E-state index in [4.69, 9.17) is 11.6 Å². The van der Waals surface area contributed by atoms with Crippen molar-refractivity contribution in [1.82, 2.24) is 4.98 Å². The summed E-state index contributed by atoms with van der Waals surface area (Å²) in [7, 11) is 0. The van der Waals surface area contributed by atoms with Crippen LogP contribution in [-0.2, 0) is 6.42 Å². The fraction of sp³-hybridized carbons (Fsp3) is 0.188. The highest BCUT2D eigenvalue weighted by molar-refractivity contribution is 7.18. The number of nitrogens with zero attached hydrogens (tertiary/aromatic N) is 1. The normalized spacial score (nSPS) is 12.8. The Hall–Kier alpha value is -1.42. The zero-order valence-corrected chi connectivity index (χ0v) is 12.6. The predicted octanol–water partition coefficient (Wildman–Crippen LogP) is 4.53. The molecule has 1 atom stereocenters. The average molecular weight is 304 g/mol. The van der Waals surface area contributed by atoms with Gasteiger partial charge in [-0.15, -0.1) is 11.3 Å². The van der Waals surface area contributed by atoms with Gasteiger partial charge in [-0.25, -0.2) is 4.98 Å². The number of aryl methyl sites for hydroxylation is 1. The SMILES string of the molecule is Cc1ccc(C(O)Cc2nc3ccccc3s2)cc1Cl. The van der Waals surface area contributed by atoms with Crippen LogP contribution in [0.5, 0.6) is 0 Å². The van der Waals surface area contributed by atoms with E-state index in [2.05, 4.69) is 4.98 Å². The second-order valence-electron chi connectivity index (χ2n) is 4.80. The maximum Gasteiger partial charge on any atom is 0.0967 e. The first-order chi connectivity index (χ1) is 9.63. The molecule has 0 fully saturated rings. The molecular formula is C16H14ClNOS. The monoisotopic (exact) mass is 303 g/mol. The number of aromatic nitrogens is 1. The molecule has 1 unspecified atom stereocenters. The molecule has 20 heavy (non-hydrogen) atoms. The van der Waals surface area contributed by atoms with Gasteiger partial charge in [-0.2, -0.15) is 0 Å². The number of aliphatic hydroxyl groups is 1. The number of benzene rings is 2. The summed E-state index contributed by atoms with van der Waals surface area (Å²) in [6.07, 6.45) is -0.0627. The van der Waals surface area contributed by atoms with E-state index in [1.165, 1.54) is 0 Å². The van der Waals surface area contributed by atoms with Crippen molar-refractivity contribution in [2.75, 3.05) is 0 Å². The molecule has 0 radical (unpaired) electrons. The predicted molar refractivity (Wildman–Crippen MR) is 84.5 cm³/mol. The first kappa shape index (κ1) is 13.6. The van der Waals surface area contributed by atoms with Gasteiger partial charge in [0.05, 0.1) is 21.3 Å². The van der Waals surface area contributed by atoms with E-state index in [1.54, 1.807) is 11.3 Å². The van der Waals surface area contributed by atoms with Gasteiger partial charge < -0.3 is 5.11 Å². The Labute approximate surface area is 126 Å². The molecule has 0 aliphatic rings. The Morgan fingerprint density at radius 1 is 1.25 bits per heavy atom. The quantitative estimate of drug-likeness (QED) is 0.771. The van der Waals surface area contributed by atoms with Gasteiger partial charge in [-0.1, -0.05) is 35.9 Å². The van der Waals surface area contributed by atoms with Crippen molar-refractivity contribution >= 4 is 33.2 Å². The number of hydrogen-bond acceptors (Lipinski definition) is 3. The number of rotatable bonds is 3. The first-order valence-corrected chi connectivity index (χ1v) is 7.61. The van der Waals surface area contributed by atoms with Gasteiger partial charge in [0, 0.05) is 11.4 Å². The van der Waals surface area contributed by atoms with Crippen LogP contribution in [0.4, 0.5) is 0 Å². The molecule has 0 aliphatic carbocycles. The molecule has 4 heteroatoms. The molecule has 0 amide bonds. The molecule has 0 bridgehead atoms. The molecule has 3 rings (SSSR count). The molecule has 0 aliphatic heterocycles. The second kappa shape index (κ2) is 5.52. The van der Waals surface area contributed by atoms with Crippen LogP contribution in [0.25, 0.3) is 10.2 Å². The van der Waals surface area contributed by atoms with E-state index in [-0.39, 0.29) is 0 Å². The van der Waals surface area contributed by atoms with Crippen LogP contribution in [0, 0.1) is 6.92 Å². The Bertz CT molecular complexity index is 720. The van der Waals surface area contributed by atoms with Gasteiger partial charge in [0.25, 0.3) is 0 Å². The third kappa shape index (κ3) is 2.70. The number of thiazole rings is 1. The highest BCUT2D eigenvalue weighted by Crippen LogP contribution is 2.27. The van der Waals surface area contributed by atoms with E-state index in [1.807, 2.05) is 49.4 Å². The zero-order valence-electron chi connectivity index (χ0n) is 11.0. The van der Waals surface area contributed by atoms with Crippen LogP contribution < -0.4 is 0 Å². The van der Waals surface area contributed by atoms with Crippen molar-refractivity contribution in [2.45, 2.75) is 19.4 Å². The van der Waals surface area contributed by atoms with E-state index in [0.29, 0.717) is 11.4 Å². The summed E-state index contributed by atoms with van der Waals surface area (Å²) >= 11 is 7.72. The van der Waals surface area contributed by atoms with Gasteiger partial charge in [0.2, 0.25) is 0 Å². The minimum absolute atomic E-state index is 0.513. The largest absolute Gasteiger partial charge is 0.388 e. The molecule has 3 aromatic rings. The number of aliphatic hydroxyl groups excluding tert-OH is 1. The highest BCUT2D eigenvalue weighted by Gasteiger charge is 2.13. The topological polar surface area (TPSA) is 33.1 Å². The van der Waals surface area contributed by atoms with Gasteiger partial charge in [-0.3, -0.25) is 0 Å². The summed E-state index contributed by atoms with van der Waals surface area (Å²) in [4.78, 5) is 4.54. The lowest BCUT2D eigenvalue weighted by Gasteiger charge is -2.10. The van der Waals surface area contributed by atoms with Crippen LogP contribution >= 0.6 is 22.9 Å². The van der Waals surface area contributed by atoms with Crippen LogP contribution in [0.2, 0.25) is 5.02 Å². The smallest absolute Gasteiger partial charge is 0.0967 e. The molecule has 0 spiro atoms. The van der Waals surface area contributed by atoms with E-state index >= 15 is 0 Å². The second-order valence-corrected chi connectivity index (χ2v) is 6.33. The molecule has 0 saturated heterocycles. The average Bonchev–Trinajstić information content (AvgIpc) is 2.83. The lowest BCUT2D eigenvalue weighted by atomic mass is 10.1. The van der Waals surface area contributed by atoms with Crippen LogP contribution in [0.3, 0.4) is 0 Å². The van der Waals surface area contributed by atoms with Gasteiger partial charge in [0.15, 0.2) is 0 Å². The Balaban J connectivity index is 1.84. The molecule has 1 aromatic heterocycles. The fourth-order valence-corrected chi connectivity index (χ4v) is 3.30. The van der Waals surface area contributed by atoms with Crippen molar-refractivity contribution in [3.05, 3.63) is 63.6 Å². The van der Waals surface area contributed by atoms with Gasteiger partial charge >= 0.3 is 0 Å². The molecule has 2 nitrogen and oxygen atoms in total. The third-order valence-corrected chi connectivity index (χ3v) is 4.75. The summed E-state index contributed by atoms with van der Waals surface area (Å²) in [5.74, 6) is 0. The summed E-state index contributed by atoms with van der Waals surface area (Å²) in [6, 6.07) is 13.7. The Morgan fingerprint density at radius 3 is 2.80 bits per heavy atom. The van der Waals surface area contributed by atoms with Crippen LogP contribution in [0.15, 0.2) is 42.5 Å². The van der Waals surface area contributed by atoms with E-state index in [0.717, 1.165) is 26.4 Å². The lowest BCUT2D eigenvalue weighted by molar-refractivity contribution is 0.178. The van der Waals surface area contributed by atoms with Crippen LogP contribution in [-0.4, -0.2) is 10.1 Å². The van der Waals surface area contributed by atoms with E-state index < -0.39 is 6.10 Å². The van der Waals surface area contributed by atoms with Crippen molar-refractivity contribution < 1.29 is 5.11 Å². The van der Waals surface area contributed by atoms with Crippen molar-refractivity contribution in [3.8, 4) is 0 Å². The van der Waals surface area contributed by atoms with Crippen molar-refractivity contribution in [3.63, 3.8) is 0 Å². The van der Waals surface area contributed by atoms with E-state index in [9.17, 15) is 5.11 Å².